The zero-order valence-corrected chi connectivity index (χ0v) is 24.1. The summed E-state index contributed by atoms with van der Waals surface area (Å²) >= 11 is 1.55. The van der Waals surface area contributed by atoms with Gasteiger partial charge in [-0.05, 0) is 81.9 Å². The topological polar surface area (TPSA) is 77.5 Å². The summed E-state index contributed by atoms with van der Waals surface area (Å²) in [6, 6.07) is 7.94. The molecule has 1 heterocycles. The van der Waals surface area contributed by atoms with E-state index in [0.29, 0.717) is 18.6 Å². The number of unbranched alkanes of at least 4 members (excludes halogenated alkanes) is 1. The van der Waals surface area contributed by atoms with Gasteiger partial charge in [0.2, 0.25) is 5.91 Å². The standard InChI is InChI=1S/C31H42N2O4S/c1-5-7-17-37-27-15-13-24(14-16-27)20-28(33-29(34)25-11-9-8-10-12-25)30-32-26(21-38-30)19-22(3)18-23(4)31(35)36-6-2/h13-16,18-19,21,25,28H,5-12,17,20H2,1-4H3,(H,33,34)/b22-19+,23-18+/t28-/m0/s1. The van der Waals surface area contributed by atoms with Crippen LogP contribution < -0.4 is 10.1 Å². The number of esters is 1. The van der Waals surface area contributed by atoms with Crippen molar-refractivity contribution in [2.24, 2.45) is 5.92 Å². The second-order valence-electron chi connectivity index (χ2n) is 9.99. The van der Waals surface area contributed by atoms with Crippen LogP contribution in [0.1, 0.15) is 94.9 Å². The van der Waals surface area contributed by atoms with E-state index in [1.165, 1.54) is 6.42 Å². The molecule has 7 heteroatoms. The Kier molecular flexibility index (Phi) is 12.1. The van der Waals surface area contributed by atoms with Crippen molar-refractivity contribution in [3.63, 3.8) is 0 Å². The van der Waals surface area contributed by atoms with Crippen LogP contribution in [0.5, 0.6) is 5.75 Å². The number of thiazole rings is 1. The molecule has 1 fully saturated rings. The predicted molar refractivity (Wildman–Crippen MR) is 154 cm³/mol. The lowest BCUT2D eigenvalue weighted by Crippen LogP contribution is -2.35. The predicted octanol–water partition coefficient (Wildman–Crippen LogP) is 7.22. The third-order valence-electron chi connectivity index (χ3n) is 6.68. The lowest BCUT2D eigenvalue weighted by molar-refractivity contribution is -0.138. The van der Waals surface area contributed by atoms with Crippen LogP contribution in [0.3, 0.4) is 0 Å². The summed E-state index contributed by atoms with van der Waals surface area (Å²) in [4.78, 5) is 30.0. The Morgan fingerprint density at radius 3 is 2.55 bits per heavy atom. The lowest BCUT2D eigenvalue weighted by atomic mass is 9.88. The van der Waals surface area contributed by atoms with Gasteiger partial charge in [0.15, 0.2) is 0 Å². The van der Waals surface area contributed by atoms with Crippen LogP contribution in [0.2, 0.25) is 0 Å². The molecule has 3 rings (SSSR count). The number of benzene rings is 1. The summed E-state index contributed by atoms with van der Waals surface area (Å²) in [7, 11) is 0. The van der Waals surface area contributed by atoms with Crippen LogP contribution in [0.4, 0.5) is 0 Å². The average molecular weight is 539 g/mol. The lowest BCUT2D eigenvalue weighted by Gasteiger charge is -2.24. The first-order valence-electron chi connectivity index (χ1n) is 13.9. The third kappa shape index (κ3) is 9.43. The molecule has 0 radical (unpaired) electrons. The average Bonchev–Trinajstić information content (AvgIpc) is 3.38. The molecule has 1 saturated carbocycles. The minimum absolute atomic E-state index is 0.0816. The number of allylic oxidation sites excluding steroid dienone is 2. The number of nitrogens with one attached hydrogen (secondary N) is 1. The first kappa shape index (κ1) is 29.6. The van der Waals surface area contributed by atoms with E-state index in [9.17, 15) is 9.59 Å². The summed E-state index contributed by atoms with van der Waals surface area (Å²) in [5.74, 6) is 0.767. The van der Waals surface area contributed by atoms with Crippen molar-refractivity contribution < 1.29 is 19.1 Å². The highest BCUT2D eigenvalue weighted by Gasteiger charge is 2.25. The molecule has 2 aromatic rings. The van der Waals surface area contributed by atoms with Gasteiger partial charge in [-0.3, -0.25) is 4.79 Å². The normalized spacial score (nSPS) is 15.7. The van der Waals surface area contributed by atoms with Crippen molar-refractivity contribution in [2.75, 3.05) is 13.2 Å². The van der Waals surface area contributed by atoms with E-state index in [2.05, 4.69) is 24.4 Å². The fourth-order valence-electron chi connectivity index (χ4n) is 4.59. The SMILES string of the molecule is CCCCOc1ccc(C[C@H](NC(=O)C2CCCCC2)c2nc(/C=C(C)/C=C(\C)C(=O)OCC)cs2)cc1. The number of carbonyl (C=O) groups excluding carboxylic acids is 2. The number of ether oxygens (including phenoxy) is 2. The van der Waals surface area contributed by atoms with Gasteiger partial charge in [-0.1, -0.05) is 44.7 Å². The Bertz CT molecular complexity index is 1100. The Morgan fingerprint density at radius 2 is 1.87 bits per heavy atom. The number of nitrogens with zero attached hydrogens (tertiary/aromatic N) is 1. The molecule has 1 aromatic heterocycles. The van der Waals surface area contributed by atoms with Crippen LogP contribution in [-0.4, -0.2) is 30.1 Å². The van der Waals surface area contributed by atoms with Gasteiger partial charge >= 0.3 is 5.97 Å². The fraction of sp³-hybridized carbons (Fsp3) is 0.516. The Balaban J connectivity index is 1.76. The van der Waals surface area contributed by atoms with Gasteiger partial charge in [0.05, 0.1) is 24.9 Å². The third-order valence-corrected chi connectivity index (χ3v) is 7.65. The Morgan fingerprint density at radius 1 is 1.13 bits per heavy atom. The molecular weight excluding hydrogens is 496 g/mol. The summed E-state index contributed by atoms with van der Waals surface area (Å²) < 4.78 is 10.9. The summed E-state index contributed by atoms with van der Waals surface area (Å²) in [6.07, 6.45) is 11.9. The number of carbonyl (C=O) groups is 2. The van der Waals surface area contributed by atoms with Crippen molar-refractivity contribution in [1.29, 1.82) is 0 Å². The minimum atomic E-state index is -0.313. The van der Waals surface area contributed by atoms with Gasteiger partial charge in [-0.15, -0.1) is 11.3 Å². The molecule has 0 unspecified atom stereocenters. The summed E-state index contributed by atoms with van der Waals surface area (Å²) in [5.41, 5.74) is 3.40. The highest BCUT2D eigenvalue weighted by molar-refractivity contribution is 7.09. The van der Waals surface area contributed by atoms with Crippen molar-refractivity contribution in [3.05, 3.63) is 63.1 Å². The largest absolute Gasteiger partial charge is 0.494 e. The smallest absolute Gasteiger partial charge is 0.333 e. The summed E-state index contributed by atoms with van der Waals surface area (Å²) in [5, 5.41) is 6.19. The second-order valence-corrected chi connectivity index (χ2v) is 10.9. The van der Waals surface area contributed by atoms with Gasteiger partial charge in [-0.2, -0.15) is 0 Å². The molecule has 1 N–H and O–H groups in total. The molecule has 0 saturated heterocycles. The number of rotatable bonds is 13. The highest BCUT2D eigenvalue weighted by atomic mass is 32.1. The molecule has 0 bridgehead atoms. The molecule has 0 aliphatic heterocycles. The van der Waals surface area contributed by atoms with Gasteiger partial charge in [0.25, 0.3) is 0 Å². The molecule has 1 amide bonds. The molecule has 38 heavy (non-hydrogen) atoms. The zero-order valence-electron chi connectivity index (χ0n) is 23.3. The Labute approximate surface area is 231 Å². The molecule has 1 atom stereocenters. The number of amides is 1. The number of hydrogen-bond acceptors (Lipinski definition) is 6. The van der Waals surface area contributed by atoms with Crippen molar-refractivity contribution in [3.8, 4) is 5.75 Å². The molecule has 206 valence electrons. The van der Waals surface area contributed by atoms with E-state index in [1.54, 1.807) is 25.2 Å². The van der Waals surface area contributed by atoms with E-state index in [0.717, 1.165) is 72.7 Å². The van der Waals surface area contributed by atoms with Crippen molar-refractivity contribution in [2.45, 2.75) is 85.1 Å². The number of hydrogen-bond donors (Lipinski definition) is 1. The van der Waals surface area contributed by atoms with E-state index < -0.39 is 0 Å². The van der Waals surface area contributed by atoms with Gasteiger partial charge in [0.1, 0.15) is 10.8 Å². The molecule has 0 spiro atoms. The van der Waals surface area contributed by atoms with Crippen molar-refractivity contribution >= 4 is 29.3 Å². The van der Waals surface area contributed by atoms with Crippen LogP contribution >= 0.6 is 11.3 Å². The van der Waals surface area contributed by atoms with Gasteiger partial charge in [0, 0.05) is 16.9 Å². The van der Waals surface area contributed by atoms with E-state index in [4.69, 9.17) is 14.5 Å². The molecular formula is C31H42N2O4S. The van der Waals surface area contributed by atoms with Gasteiger partial charge < -0.3 is 14.8 Å². The first-order valence-corrected chi connectivity index (χ1v) is 14.8. The fourth-order valence-corrected chi connectivity index (χ4v) is 5.42. The maximum atomic E-state index is 13.2. The van der Waals surface area contributed by atoms with Crippen LogP contribution in [0, 0.1) is 5.92 Å². The maximum Gasteiger partial charge on any atom is 0.333 e. The minimum Gasteiger partial charge on any atom is -0.494 e. The second kappa shape index (κ2) is 15.5. The van der Waals surface area contributed by atoms with Crippen LogP contribution in [0.15, 0.2) is 46.9 Å². The zero-order chi connectivity index (χ0) is 27.3. The summed E-state index contributed by atoms with van der Waals surface area (Å²) in [6.45, 7) is 8.71. The van der Waals surface area contributed by atoms with E-state index in [1.807, 2.05) is 36.6 Å². The van der Waals surface area contributed by atoms with E-state index in [-0.39, 0.29) is 23.8 Å². The molecule has 1 aliphatic carbocycles. The van der Waals surface area contributed by atoms with Gasteiger partial charge in [-0.25, -0.2) is 9.78 Å². The van der Waals surface area contributed by atoms with Crippen LogP contribution in [-0.2, 0) is 20.7 Å². The molecule has 1 aliphatic rings. The van der Waals surface area contributed by atoms with E-state index >= 15 is 0 Å². The monoisotopic (exact) mass is 538 g/mol. The first-order chi connectivity index (χ1) is 18.4. The maximum absolute atomic E-state index is 13.2. The van der Waals surface area contributed by atoms with Crippen LogP contribution in [0.25, 0.3) is 6.08 Å². The molecule has 1 aromatic carbocycles. The quantitative estimate of drug-likeness (QED) is 0.126. The number of aromatic nitrogens is 1. The molecule has 6 nitrogen and oxygen atoms in total. The van der Waals surface area contributed by atoms with Crippen molar-refractivity contribution in [1.82, 2.24) is 10.3 Å². The Hall–Kier alpha value is -2.93. The highest BCUT2D eigenvalue weighted by Crippen LogP contribution is 2.28.